The van der Waals surface area contributed by atoms with E-state index < -0.39 is 0 Å². The Hall–Kier alpha value is -7.00. The van der Waals surface area contributed by atoms with E-state index in [4.69, 9.17) is 0 Å². The average molecular weight is 772 g/mol. The zero-order valence-electron chi connectivity index (χ0n) is 33.1. The van der Waals surface area contributed by atoms with Crippen molar-refractivity contribution in [2.75, 3.05) is 4.90 Å². The molecule has 2 heteroatoms. The van der Waals surface area contributed by atoms with Gasteiger partial charge in [-0.1, -0.05) is 184 Å². The molecule has 0 atom stereocenters. The van der Waals surface area contributed by atoms with Crippen LogP contribution in [0.4, 0.5) is 17.1 Å². The molecule has 1 nitrogen and oxygen atoms in total. The topological polar surface area (TPSA) is 3.24 Å². The smallest absolute Gasteiger partial charge is 0.0540 e. The monoisotopic (exact) mass is 771 g/mol. The van der Waals surface area contributed by atoms with E-state index in [-0.39, 0.29) is 5.41 Å². The molecular weight excluding hydrogens is 731 g/mol. The highest BCUT2D eigenvalue weighted by Crippen LogP contribution is 2.52. The molecule has 0 spiro atoms. The fourth-order valence-corrected chi connectivity index (χ4v) is 10.6. The van der Waals surface area contributed by atoms with Gasteiger partial charge in [0.25, 0.3) is 0 Å². The van der Waals surface area contributed by atoms with Crippen LogP contribution in [0.1, 0.15) is 25.0 Å². The molecule has 1 aliphatic carbocycles. The lowest BCUT2D eigenvalue weighted by Crippen LogP contribution is -2.17. The van der Waals surface area contributed by atoms with Gasteiger partial charge in [-0.15, -0.1) is 11.3 Å². The van der Waals surface area contributed by atoms with Crippen LogP contribution in [0.15, 0.2) is 212 Å². The van der Waals surface area contributed by atoms with Crippen molar-refractivity contribution in [3.63, 3.8) is 0 Å². The Morgan fingerprint density at radius 1 is 0.356 bits per heavy atom. The van der Waals surface area contributed by atoms with Crippen LogP contribution in [-0.4, -0.2) is 0 Å². The highest BCUT2D eigenvalue weighted by Gasteiger charge is 2.36. The van der Waals surface area contributed by atoms with Crippen molar-refractivity contribution in [3.05, 3.63) is 223 Å². The van der Waals surface area contributed by atoms with Crippen LogP contribution in [0, 0.1) is 0 Å². The van der Waals surface area contributed by atoms with Crippen molar-refractivity contribution >= 4 is 48.6 Å². The van der Waals surface area contributed by atoms with Gasteiger partial charge in [0.15, 0.2) is 0 Å². The molecule has 0 saturated carbocycles. The fraction of sp³-hybridized carbons (Fsp3) is 0.0526. The third-order valence-electron chi connectivity index (χ3n) is 12.3. The molecule has 0 bridgehead atoms. The first-order valence-corrected chi connectivity index (χ1v) is 21.2. The van der Waals surface area contributed by atoms with Crippen molar-refractivity contribution in [2.24, 2.45) is 0 Å². The molecule has 0 saturated heterocycles. The Morgan fingerprint density at radius 2 is 0.898 bits per heavy atom. The van der Waals surface area contributed by atoms with Crippen molar-refractivity contribution < 1.29 is 0 Å². The van der Waals surface area contributed by atoms with Gasteiger partial charge in [-0.3, -0.25) is 0 Å². The number of nitrogens with zero attached hydrogens (tertiary/aromatic N) is 1. The minimum atomic E-state index is -0.131. The van der Waals surface area contributed by atoms with E-state index in [1.54, 1.807) is 0 Å². The summed E-state index contributed by atoms with van der Waals surface area (Å²) in [5.74, 6) is 0. The van der Waals surface area contributed by atoms with Crippen LogP contribution < -0.4 is 4.90 Å². The second kappa shape index (κ2) is 14.1. The molecule has 0 radical (unpaired) electrons. The quantitative estimate of drug-likeness (QED) is 0.156. The third kappa shape index (κ3) is 5.91. The molecule has 10 aromatic rings. The van der Waals surface area contributed by atoms with Crippen molar-refractivity contribution in [1.82, 2.24) is 0 Å². The van der Waals surface area contributed by atoms with Gasteiger partial charge in [0.1, 0.15) is 0 Å². The number of hydrogen-bond acceptors (Lipinski definition) is 2. The highest BCUT2D eigenvalue weighted by molar-refractivity contribution is 7.26. The molecule has 0 aliphatic heterocycles. The van der Waals surface area contributed by atoms with Crippen molar-refractivity contribution in [1.29, 1.82) is 0 Å². The minimum Gasteiger partial charge on any atom is -0.310 e. The van der Waals surface area contributed by atoms with E-state index in [0.717, 1.165) is 17.1 Å². The normalized spacial score (nSPS) is 12.7. The summed E-state index contributed by atoms with van der Waals surface area (Å²) in [6.45, 7) is 4.73. The molecule has 1 aliphatic rings. The molecule has 0 fully saturated rings. The maximum atomic E-state index is 2.47. The molecule has 0 N–H and O–H groups in total. The maximum Gasteiger partial charge on any atom is 0.0540 e. The summed E-state index contributed by atoms with van der Waals surface area (Å²) in [6.07, 6.45) is 0. The summed E-state index contributed by atoms with van der Waals surface area (Å²) < 4.78 is 2.64. The Balaban J connectivity index is 1.11. The number of fused-ring (bicyclic) bond motifs is 6. The van der Waals surface area contributed by atoms with Crippen LogP contribution in [0.3, 0.4) is 0 Å². The van der Waals surface area contributed by atoms with Crippen molar-refractivity contribution in [2.45, 2.75) is 19.3 Å². The Labute approximate surface area is 350 Å². The molecule has 59 heavy (non-hydrogen) atoms. The highest BCUT2D eigenvalue weighted by atomic mass is 32.1. The van der Waals surface area contributed by atoms with E-state index in [1.165, 1.54) is 86.9 Å². The molecular formula is C57H41NS. The third-order valence-corrected chi connectivity index (χ3v) is 13.5. The van der Waals surface area contributed by atoms with Crippen LogP contribution in [-0.2, 0) is 5.41 Å². The van der Waals surface area contributed by atoms with E-state index in [2.05, 4.69) is 231 Å². The number of benzene rings is 9. The summed E-state index contributed by atoms with van der Waals surface area (Å²) in [6, 6.07) is 78.1. The van der Waals surface area contributed by atoms with Gasteiger partial charge in [0, 0.05) is 42.5 Å². The van der Waals surface area contributed by atoms with E-state index in [9.17, 15) is 0 Å². The van der Waals surface area contributed by atoms with Crippen LogP contribution in [0.2, 0.25) is 0 Å². The van der Waals surface area contributed by atoms with Gasteiger partial charge in [0.05, 0.1) is 5.69 Å². The predicted molar refractivity (Wildman–Crippen MR) is 253 cm³/mol. The first kappa shape index (κ1) is 35.2. The van der Waals surface area contributed by atoms with Gasteiger partial charge < -0.3 is 4.90 Å². The standard InChI is InChI=1S/C57H41NS/c1-57(2)52-26-13-11-22-47(52)48-34-33-43(37-53(48)57)58(42-31-28-40(29-32-42)45-21-10-9-20-44(45)38-16-5-3-6-17-38)54-35-30-41(36-51(54)39-18-7-4-8-19-39)46-24-15-25-50-49-23-12-14-27-55(49)59-56(46)50/h3-37H,1-2H3. The minimum absolute atomic E-state index is 0.131. The van der Waals surface area contributed by atoms with E-state index in [1.807, 2.05) is 11.3 Å². The number of thiophene rings is 1. The summed E-state index contributed by atoms with van der Waals surface area (Å²) in [5.41, 5.74) is 18.3. The molecule has 1 aromatic heterocycles. The van der Waals surface area contributed by atoms with Gasteiger partial charge >= 0.3 is 0 Å². The summed E-state index contributed by atoms with van der Waals surface area (Å²) in [7, 11) is 0. The lowest BCUT2D eigenvalue weighted by molar-refractivity contribution is 0.660. The fourth-order valence-electron chi connectivity index (χ4n) is 9.37. The first-order chi connectivity index (χ1) is 29.0. The maximum absolute atomic E-state index is 2.47. The summed E-state index contributed by atoms with van der Waals surface area (Å²) >= 11 is 1.88. The number of hydrogen-bond donors (Lipinski definition) is 0. The second-order valence-corrected chi connectivity index (χ2v) is 17.1. The lowest BCUT2D eigenvalue weighted by Gasteiger charge is -2.30. The second-order valence-electron chi connectivity index (χ2n) is 16.1. The predicted octanol–water partition coefficient (Wildman–Crippen LogP) is 16.5. The SMILES string of the molecule is CC1(C)c2ccccc2-c2ccc(N(c3ccc(-c4ccccc4-c4ccccc4)cc3)c3ccc(-c4cccc5c4sc4ccccc45)cc3-c3ccccc3)cc21. The van der Waals surface area contributed by atoms with Crippen LogP contribution in [0.25, 0.3) is 75.8 Å². The van der Waals surface area contributed by atoms with Crippen molar-refractivity contribution in [3.8, 4) is 55.6 Å². The largest absolute Gasteiger partial charge is 0.310 e. The average Bonchev–Trinajstić information content (AvgIpc) is 3.79. The van der Waals surface area contributed by atoms with Gasteiger partial charge in [0.2, 0.25) is 0 Å². The Kier molecular flexibility index (Phi) is 8.43. The zero-order chi connectivity index (χ0) is 39.5. The summed E-state index contributed by atoms with van der Waals surface area (Å²) in [4.78, 5) is 2.47. The van der Waals surface area contributed by atoms with Crippen LogP contribution >= 0.6 is 11.3 Å². The molecule has 9 aromatic carbocycles. The first-order valence-electron chi connectivity index (χ1n) is 20.4. The molecule has 280 valence electrons. The van der Waals surface area contributed by atoms with Gasteiger partial charge in [-0.25, -0.2) is 0 Å². The lowest BCUT2D eigenvalue weighted by atomic mass is 9.82. The van der Waals surface area contributed by atoms with Gasteiger partial charge in [-0.05, 0) is 104 Å². The molecule has 0 amide bonds. The molecule has 1 heterocycles. The van der Waals surface area contributed by atoms with E-state index >= 15 is 0 Å². The van der Waals surface area contributed by atoms with Gasteiger partial charge in [-0.2, -0.15) is 0 Å². The Morgan fingerprint density at radius 3 is 1.64 bits per heavy atom. The zero-order valence-corrected chi connectivity index (χ0v) is 33.9. The number of anilines is 3. The van der Waals surface area contributed by atoms with E-state index in [0.29, 0.717) is 0 Å². The van der Waals surface area contributed by atoms with Crippen LogP contribution in [0.5, 0.6) is 0 Å². The summed E-state index contributed by atoms with van der Waals surface area (Å²) in [5, 5.41) is 2.63. The number of rotatable bonds is 7. The Bertz CT molecular complexity index is 3170. The molecule has 11 rings (SSSR count). The molecule has 0 unspecified atom stereocenters.